The first-order valence-electron chi connectivity index (χ1n) is 11.0. The summed E-state index contributed by atoms with van der Waals surface area (Å²) < 4.78 is 27.0. The molecule has 0 bridgehead atoms. The first-order chi connectivity index (χ1) is 16.4. The van der Waals surface area contributed by atoms with Gasteiger partial charge in [0.2, 0.25) is 10.0 Å². The number of hydrogen-bond acceptors (Lipinski definition) is 6. The van der Waals surface area contributed by atoms with E-state index in [1.807, 2.05) is 30.3 Å². The Bertz CT molecular complexity index is 1200. The molecule has 0 atom stereocenters. The van der Waals surface area contributed by atoms with Crippen molar-refractivity contribution in [1.29, 1.82) is 0 Å². The maximum atomic E-state index is 12.7. The van der Waals surface area contributed by atoms with Crippen molar-refractivity contribution >= 4 is 44.9 Å². The normalized spacial score (nSPS) is 18.5. The number of thioether (sulfide) groups is 1. The van der Waals surface area contributed by atoms with E-state index < -0.39 is 15.9 Å². The van der Waals surface area contributed by atoms with Crippen LogP contribution in [-0.2, 0) is 14.8 Å². The van der Waals surface area contributed by atoms with Crippen molar-refractivity contribution in [3.8, 4) is 0 Å². The van der Waals surface area contributed by atoms with Gasteiger partial charge in [0.15, 0.2) is 0 Å². The Morgan fingerprint density at radius 1 is 0.971 bits per heavy atom. The molecule has 0 aliphatic carbocycles. The molecule has 1 N–H and O–H groups in total. The van der Waals surface area contributed by atoms with Crippen LogP contribution in [0.15, 0.2) is 64.4 Å². The van der Waals surface area contributed by atoms with Gasteiger partial charge in [-0.3, -0.25) is 19.3 Å². The van der Waals surface area contributed by atoms with Crippen LogP contribution in [0, 0.1) is 0 Å². The Kier molecular flexibility index (Phi) is 7.50. The fourth-order valence-electron chi connectivity index (χ4n) is 3.81. The summed E-state index contributed by atoms with van der Waals surface area (Å²) in [6.45, 7) is 1.16. The summed E-state index contributed by atoms with van der Waals surface area (Å²) in [4.78, 5) is 38.9. The molecule has 0 saturated carbocycles. The van der Waals surface area contributed by atoms with Gasteiger partial charge in [-0.1, -0.05) is 36.8 Å². The maximum Gasteiger partial charge on any atom is 0.293 e. The highest BCUT2D eigenvalue weighted by atomic mass is 32.2. The number of carbonyl (C=O) groups is 3. The van der Waals surface area contributed by atoms with Gasteiger partial charge < -0.3 is 5.32 Å². The van der Waals surface area contributed by atoms with Gasteiger partial charge in [0.1, 0.15) is 0 Å². The monoisotopic (exact) mass is 499 g/mol. The van der Waals surface area contributed by atoms with Gasteiger partial charge in [0.05, 0.1) is 9.80 Å². The Labute approximate surface area is 203 Å². The SMILES string of the molecule is O=C(NCCN1C(=O)SC(=Cc2ccccc2)C1=O)c1ccc(S(=O)(=O)N2CCCCC2)cc1. The van der Waals surface area contributed by atoms with Crippen LogP contribution in [0.25, 0.3) is 6.08 Å². The summed E-state index contributed by atoms with van der Waals surface area (Å²) >= 11 is 0.872. The van der Waals surface area contributed by atoms with Crippen LogP contribution in [0.2, 0.25) is 0 Å². The first-order valence-corrected chi connectivity index (χ1v) is 13.3. The minimum absolute atomic E-state index is 0.0456. The molecule has 34 heavy (non-hydrogen) atoms. The number of nitrogens with zero attached hydrogens (tertiary/aromatic N) is 2. The van der Waals surface area contributed by atoms with Crippen molar-refractivity contribution in [3.63, 3.8) is 0 Å². The van der Waals surface area contributed by atoms with Crippen LogP contribution in [-0.4, -0.2) is 60.9 Å². The van der Waals surface area contributed by atoms with Crippen LogP contribution in [0.1, 0.15) is 35.2 Å². The zero-order chi connectivity index (χ0) is 24.1. The summed E-state index contributed by atoms with van der Waals surface area (Å²) in [7, 11) is -3.56. The molecule has 3 amide bonds. The number of hydrogen-bond donors (Lipinski definition) is 1. The minimum atomic E-state index is -3.56. The predicted molar refractivity (Wildman–Crippen MR) is 131 cm³/mol. The quantitative estimate of drug-likeness (QED) is 0.586. The maximum absolute atomic E-state index is 12.7. The van der Waals surface area contributed by atoms with Crippen molar-refractivity contribution in [2.75, 3.05) is 26.2 Å². The topological polar surface area (TPSA) is 104 Å². The molecule has 2 aliphatic heterocycles. The third-order valence-electron chi connectivity index (χ3n) is 5.66. The molecule has 2 saturated heterocycles. The molecule has 4 rings (SSSR count). The molecule has 0 unspecified atom stereocenters. The molecule has 2 aliphatic rings. The van der Waals surface area contributed by atoms with E-state index in [0.717, 1.165) is 41.5 Å². The number of piperidine rings is 1. The predicted octanol–water partition coefficient (Wildman–Crippen LogP) is 3.33. The van der Waals surface area contributed by atoms with Crippen molar-refractivity contribution in [2.24, 2.45) is 0 Å². The highest BCUT2D eigenvalue weighted by Crippen LogP contribution is 2.31. The van der Waals surface area contributed by atoms with Crippen LogP contribution < -0.4 is 5.32 Å². The number of benzene rings is 2. The molecule has 0 spiro atoms. The van der Waals surface area contributed by atoms with Crippen LogP contribution in [0.3, 0.4) is 0 Å². The second kappa shape index (κ2) is 10.5. The number of amides is 3. The largest absolute Gasteiger partial charge is 0.350 e. The van der Waals surface area contributed by atoms with E-state index >= 15 is 0 Å². The standard InChI is InChI=1S/C24H25N3O5S2/c28-22(19-9-11-20(12-10-19)34(31,32)26-14-5-2-6-15-26)25-13-16-27-23(29)21(33-24(27)30)17-18-7-3-1-4-8-18/h1,3-4,7-12,17H,2,5-6,13-16H2,(H,25,28). The molecule has 2 aromatic carbocycles. The number of imide groups is 1. The zero-order valence-electron chi connectivity index (χ0n) is 18.5. The van der Waals surface area contributed by atoms with Gasteiger partial charge >= 0.3 is 0 Å². The molecule has 0 radical (unpaired) electrons. The molecule has 10 heteroatoms. The van der Waals surface area contributed by atoms with Crippen molar-refractivity contribution in [2.45, 2.75) is 24.2 Å². The number of sulfonamides is 1. The Morgan fingerprint density at radius 3 is 2.32 bits per heavy atom. The zero-order valence-corrected chi connectivity index (χ0v) is 20.1. The third kappa shape index (κ3) is 5.40. The van der Waals surface area contributed by atoms with Gasteiger partial charge in [-0.05, 0) is 60.5 Å². The average molecular weight is 500 g/mol. The van der Waals surface area contributed by atoms with E-state index in [4.69, 9.17) is 0 Å². The van der Waals surface area contributed by atoms with E-state index in [2.05, 4.69) is 5.32 Å². The van der Waals surface area contributed by atoms with Gasteiger partial charge in [-0.15, -0.1) is 0 Å². The van der Waals surface area contributed by atoms with Crippen molar-refractivity contribution in [1.82, 2.24) is 14.5 Å². The summed E-state index contributed by atoms with van der Waals surface area (Å²) in [5.74, 6) is -0.797. The minimum Gasteiger partial charge on any atom is -0.350 e. The van der Waals surface area contributed by atoms with Crippen molar-refractivity contribution < 1.29 is 22.8 Å². The Morgan fingerprint density at radius 2 is 1.65 bits per heavy atom. The lowest BCUT2D eigenvalue weighted by Gasteiger charge is -2.25. The molecule has 2 aromatic rings. The molecule has 0 aromatic heterocycles. The van der Waals surface area contributed by atoms with Gasteiger partial charge in [-0.25, -0.2) is 8.42 Å². The lowest BCUT2D eigenvalue weighted by Crippen LogP contribution is -2.37. The highest BCUT2D eigenvalue weighted by Gasteiger charge is 2.34. The summed E-state index contributed by atoms with van der Waals surface area (Å²) in [6, 6.07) is 15.1. The second-order valence-electron chi connectivity index (χ2n) is 7.99. The van der Waals surface area contributed by atoms with Gasteiger partial charge in [-0.2, -0.15) is 4.31 Å². The fraction of sp³-hybridized carbons (Fsp3) is 0.292. The number of rotatable bonds is 7. The second-order valence-corrected chi connectivity index (χ2v) is 10.9. The first kappa shape index (κ1) is 24.2. The van der Waals surface area contributed by atoms with Gasteiger partial charge in [0.25, 0.3) is 17.1 Å². The van der Waals surface area contributed by atoms with Crippen LogP contribution >= 0.6 is 11.8 Å². The average Bonchev–Trinajstić information content (AvgIpc) is 3.12. The van der Waals surface area contributed by atoms with E-state index in [1.165, 1.54) is 28.6 Å². The lowest BCUT2D eigenvalue weighted by molar-refractivity contribution is -0.122. The fourth-order valence-corrected chi connectivity index (χ4v) is 6.19. The smallest absolute Gasteiger partial charge is 0.293 e. The Hall–Kier alpha value is -2.95. The molecular weight excluding hydrogens is 474 g/mol. The Balaban J connectivity index is 1.32. The molecular formula is C24H25N3O5S2. The highest BCUT2D eigenvalue weighted by molar-refractivity contribution is 8.18. The van der Waals surface area contributed by atoms with E-state index in [9.17, 15) is 22.8 Å². The lowest BCUT2D eigenvalue weighted by atomic mass is 10.2. The molecule has 178 valence electrons. The van der Waals surface area contributed by atoms with Crippen LogP contribution in [0.4, 0.5) is 4.79 Å². The van der Waals surface area contributed by atoms with E-state index in [0.29, 0.717) is 23.6 Å². The summed E-state index contributed by atoms with van der Waals surface area (Å²) in [5, 5.41) is 2.30. The van der Waals surface area contributed by atoms with Gasteiger partial charge in [0, 0.05) is 31.7 Å². The number of carbonyl (C=O) groups excluding carboxylic acids is 3. The molecule has 2 fully saturated rings. The number of nitrogens with one attached hydrogen (secondary N) is 1. The van der Waals surface area contributed by atoms with E-state index in [-0.39, 0.29) is 29.1 Å². The third-order valence-corrected chi connectivity index (χ3v) is 8.48. The van der Waals surface area contributed by atoms with E-state index in [1.54, 1.807) is 6.08 Å². The van der Waals surface area contributed by atoms with Crippen LogP contribution in [0.5, 0.6) is 0 Å². The van der Waals surface area contributed by atoms with Crippen molar-refractivity contribution in [3.05, 3.63) is 70.6 Å². The summed E-state index contributed by atoms with van der Waals surface area (Å²) in [5.41, 5.74) is 1.13. The molecule has 2 heterocycles. The molecule has 8 nitrogen and oxygen atoms in total. The summed E-state index contributed by atoms with van der Waals surface area (Å²) in [6.07, 6.45) is 4.40.